The average Bonchev–Trinajstić information content (AvgIpc) is 2.77. The maximum absolute atomic E-state index is 12.0. The van der Waals surface area contributed by atoms with Crippen molar-refractivity contribution in [2.75, 3.05) is 37.1 Å². The van der Waals surface area contributed by atoms with E-state index in [4.69, 9.17) is 14.2 Å². The molecule has 7 nitrogen and oxygen atoms in total. The summed E-state index contributed by atoms with van der Waals surface area (Å²) in [6.07, 6.45) is 0.678. The van der Waals surface area contributed by atoms with Crippen molar-refractivity contribution in [1.82, 2.24) is 0 Å². The van der Waals surface area contributed by atoms with E-state index in [1.165, 1.54) is 0 Å². The van der Waals surface area contributed by atoms with Gasteiger partial charge in [0.15, 0.2) is 6.61 Å². The molecule has 0 spiro atoms. The summed E-state index contributed by atoms with van der Waals surface area (Å²) in [5, 5.41) is 2.74. The van der Waals surface area contributed by atoms with Crippen LogP contribution in [0, 0.1) is 0 Å². The van der Waals surface area contributed by atoms with Gasteiger partial charge in [0.05, 0.1) is 13.7 Å². The van der Waals surface area contributed by atoms with Gasteiger partial charge in [0.2, 0.25) is 0 Å². The second kappa shape index (κ2) is 12.5. The molecule has 0 radical (unpaired) electrons. The van der Waals surface area contributed by atoms with Gasteiger partial charge in [-0.3, -0.25) is 9.59 Å². The van der Waals surface area contributed by atoms with Crippen molar-refractivity contribution < 1.29 is 23.8 Å². The quantitative estimate of drug-likeness (QED) is 0.402. The summed E-state index contributed by atoms with van der Waals surface area (Å²) < 4.78 is 15.7. The van der Waals surface area contributed by atoms with Gasteiger partial charge in [0.25, 0.3) is 5.91 Å². The first-order chi connectivity index (χ1) is 14.9. The topological polar surface area (TPSA) is 77.1 Å². The van der Waals surface area contributed by atoms with Crippen LogP contribution >= 0.6 is 0 Å². The monoisotopic (exact) mass is 428 g/mol. The van der Waals surface area contributed by atoms with E-state index in [2.05, 4.69) is 31.0 Å². The number of carbonyl (C=O) groups excluding carboxylic acids is 2. The van der Waals surface area contributed by atoms with Gasteiger partial charge in [0.1, 0.15) is 11.5 Å². The molecule has 0 aliphatic heterocycles. The lowest BCUT2D eigenvalue weighted by atomic mass is 10.2. The highest BCUT2D eigenvalue weighted by atomic mass is 16.5. The zero-order valence-corrected chi connectivity index (χ0v) is 18.7. The summed E-state index contributed by atoms with van der Waals surface area (Å²) >= 11 is 0. The number of ether oxygens (including phenoxy) is 3. The van der Waals surface area contributed by atoms with E-state index in [0.717, 1.165) is 18.0 Å². The third-order valence-corrected chi connectivity index (χ3v) is 4.66. The number of amides is 1. The fourth-order valence-corrected chi connectivity index (χ4v) is 3.08. The molecule has 1 N–H and O–H groups in total. The molecule has 0 aliphatic rings. The van der Waals surface area contributed by atoms with E-state index in [9.17, 15) is 9.59 Å². The van der Waals surface area contributed by atoms with Crippen LogP contribution in [0.4, 0.5) is 11.4 Å². The molecule has 7 heteroatoms. The number of rotatable bonds is 12. The third-order valence-electron chi connectivity index (χ3n) is 4.66. The predicted molar refractivity (Wildman–Crippen MR) is 122 cm³/mol. The van der Waals surface area contributed by atoms with Crippen molar-refractivity contribution in [3.8, 4) is 11.5 Å². The van der Waals surface area contributed by atoms with Crippen LogP contribution in [0.15, 0.2) is 48.5 Å². The first kappa shape index (κ1) is 24.1. The first-order valence-corrected chi connectivity index (χ1v) is 10.5. The molecule has 1 amide bonds. The van der Waals surface area contributed by atoms with E-state index in [-0.39, 0.29) is 18.9 Å². The second-order valence-electron chi connectivity index (χ2n) is 7.26. The molecule has 0 saturated heterocycles. The number of nitrogens with one attached hydrogen (secondary N) is 1. The summed E-state index contributed by atoms with van der Waals surface area (Å²) in [5.41, 5.74) is 1.76. The SMILES string of the molecule is CCN(c1ccc(NC(=O)COC(=O)CCCOc2ccc(OC)cc2)cc1)C(C)C. The number of anilines is 2. The van der Waals surface area contributed by atoms with E-state index in [1.54, 1.807) is 31.4 Å². The Labute approximate surface area is 184 Å². The minimum absolute atomic E-state index is 0.181. The largest absolute Gasteiger partial charge is 0.497 e. The molecule has 0 unspecified atom stereocenters. The summed E-state index contributed by atoms with van der Waals surface area (Å²) in [7, 11) is 1.60. The molecule has 168 valence electrons. The molecular weight excluding hydrogens is 396 g/mol. The van der Waals surface area contributed by atoms with Crippen molar-refractivity contribution in [2.45, 2.75) is 39.7 Å². The second-order valence-corrected chi connectivity index (χ2v) is 7.26. The highest BCUT2D eigenvalue weighted by molar-refractivity contribution is 5.92. The number of nitrogens with zero attached hydrogens (tertiary/aromatic N) is 1. The van der Waals surface area contributed by atoms with Gasteiger partial charge in [-0.05, 0) is 75.7 Å². The third kappa shape index (κ3) is 8.20. The molecule has 0 saturated carbocycles. The molecule has 2 rings (SSSR count). The zero-order valence-electron chi connectivity index (χ0n) is 18.7. The van der Waals surface area contributed by atoms with Crippen molar-refractivity contribution in [1.29, 1.82) is 0 Å². The fraction of sp³-hybridized carbons (Fsp3) is 0.417. The van der Waals surface area contributed by atoms with Crippen LogP contribution in [0.2, 0.25) is 0 Å². The lowest BCUT2D eigenvalue weighted by Crippen LogP contribution is -2.30. The normalized spacial score (nSPS) is 10.5. The van der Waals surface area contributed by atoms with Crippen LogP contribution < -0.4 is 19.7 Å². The Morgan fingerprint density at radius 2 is 1.65 bits per heavy atom. The van der Waals surface area contributed by atoms with Crippen LogP contribution in [0.25, 0.3) is 0 Å². The molecule has 31 heavy (non-hydrogen) atoms. The minimum Gasteiger partial charge on any atom is -0.497 e. The number of carbonyl (C=O) groups is 2. The first-order valence-electron chi connectivity index (χ1n) is 10.5. The zero-order chi connectivity index (χ0) is 22.6. The van der Waals surface area contributed by atoms with Crippen molar-refractivity contribution >= 4 is 23.3 Å². The van der Waals surface area contributed by atoms with Crippen molar-refractivity contribution in [2.24, 2.45) is 0 Å². The van der Waals surface area contributed by atoms with Crippen LogP contribution in [0.5, 0.6) is 11.5 Å². The summed E-state index contributed by atoms with van der Waals surface area (Å²) in [6, 6.07) is 15.2. The highest BCUT2D eigenvalue weighted by Gasteiger charge is 2.10. The van der Waals surface area contributed by atoms with Gasteiger partial charge >= 0.3 is 5.97 Å². The van der Waals surface area contributed by atoms with Crippen LogP contribution in [-0.2, 0) is 14.3 Å². The fourth-order valence-electron chi connectivity index (χ4n) is 3.08. The maximum atomic E-state index is 12.0. The molecule has 0 bridgehead atoms. The lowest BCUT2D eigenvalue weighted by Gasteiger charge is -2.27. The average molecular weight is 429 g/mol. The Kier molecular flexibility index (Phi) is 9.68. The predicted octanol–water partition coefficient (Wildman–Crippen LogP) is 4.27. The molecule has 0 heterocycles. The number of methoxy groups -OCH3 is 1. The van der Waals surface area contributed by atoms with E-state index < -0.39 is 5.97 Å². The number of esters is 1. The smallest absolute Gasteiger partial charge is 0.306 e. The highest BCUT2D eigenvalue weighted by Crippen LogP contribution is 2.20. The van der Waals surface area contributed by atoms with Gasteiger partial charge in [-0.25, -0.2) is 0 Å². The Hall–Kier alpha value is -3.22. The van der Waals surface area contributed by atoms with Crippen molar-refractivity contribution in [3.05, 3.63) is 48.5 Å². The van der Waals surface area contributed by atoms with Crippen LogP contribution in [0.1, 0.15) is 33.6 Å². The molecule has 0 aliphatic carbocycles. The molecule has 0 fully saturated rings. The van der Waals surface area contributed by atoms with Gasteiger partial charge in [-0.2, -0.15) is 0 Å². The van der Waals surface area contributed by atoms with Gasteiger partial charge < -0.3 is 24.4 Å². The van der Waals surface area contributed by atoms with E-state index >= 15 is 0 Å². The number of benzene rings is 2. The minimum atomic E-state index is -0.431. The Bertz CT molecular complexity index is 819. The van der Waals surface area contributed by atoms with Gasteiger partial charge in [-0.1, -0.05) is 0 Å². The van der Waals surface area contributed by atoms with Crippen LogP contribution in [0.3, 0.4) is 0 Å². The lowest BCUT2D eigenvalue weighted by molar-refractivity contribution is -0.147. The molecule has 2 aromatic rings. The Morgan fingerprint density at radius 1 is 1.00 bits per heavy atom. The summed E-state index contributed by atoms with van der Waals surface area (Å²) in [4.78, 5) is 26.1. The molecule has 2 aromatic carbocycles. The van der Waals surface area contributed by atoms with Gasteiger partial charge in [-0.15, -0.1) is 0 Å². The van der Waals surface area contributed by atoms with Gasteiger partial charge in [0, 0.05) is 30.4 Å². The Balaban J connectivity index is 1.65. The van der Waals surface area contributed by atoms with Crippen LogP contribution in [-0.4, -0.2) is 44.8 Å². The maximum Gasteiger partial charge on any atom is 0.306 e. The molecular formula is C24H32N2O5. The molecule has 0 atom stereocenters. The van der Waals surface area contributed by atoms with E-state index in [1.807, 2.05) is 24.3 Å². The number of hydrogen-bond acceptors (Lipinski definition) is 6. The standard InChI is InChI=1S/C24H32N2O5/c1-5-26(18(2)3)20-10-8-19(9-11-20)25-23(27)17-31-24(28)7-6-16-30-22-14-12-21(29-4)13-15-22/h8-15,18H,5-7,16-17H2,1-4H3,(H,25,27). The summed E-state index contributed by atoms with van der Waals surface area (Å²) in [6.45, 7) is 7.36. The van der Waals surface area contributed by atoms with Crippen molar-refractivity contribution in [3.63, 3.8) is 0 Å². The van der Waals surface area contributed by atoms with E-state index in [0.29, 0.717) is 30.5 Å². The summed E-state index contributed by atoms with van der Waals surface area (Å²) in [5.74, 6) is 0.657. The molecule has 0 aromatic heterocycles. The Morgan fingerprint density at radius 3 is 2.23 bits per heavy atom. The number of hydrogen-bond donors (Lipinski definition) is 1.